The third-order valence-corrected chi connectivity index (χ3v) is 5.68. The zero-order valence-corrected chi connectivity index (χ0v) is 13.3. The first kappa shape index (κ1) is 16.2. The van der Waals surface area contributed by atoms with E-state index in [0.29, 0.717) is 17.9 Å². The summed E-state index contributed by atoms with van der Waals surface area (Å²) >= 11 is 0. The number of carboxylic acids is 1. The van der Waals surface area contributed by atoms with E-state index in [0.717, 1.165) is 51.4 Å². The van der Waals surface area contributed by atoms with Crippen LogP contribution in [0.3, 0.4) is 0 Å². The highest BCUT2D eigenvalue weighted by molar-refractivity contribution is 5.70. The van der Waals surface area contributed by atoms with Crippen LogP contribution in [-0.2, 0) is 14.4 Å². The van der Waals surface area contributed by atoms with Crippen molar-refractivity contribution in [3.63, 3.8) is 0 Å². The number of nitrogens with one attached hydrogen (secondary N) is 2. The smallest absolute Gasteiger partial charge is 0.306 e. The minimum atomic E-state index is -0.655. The highest BCUT2D eigenvalue weighted by atomic mass is 16.7. The minimum absolute atomic E-state index is 0.0491. The van der Waals surface area contributed by atoms with Crippen molar-refractivity contribution < 1.29 is 19.5 Å². The van der Waals surface area contributed by atoms with E-state index in [-0.39, 0.29) is 18.3 Å². The summed E-state index contributed by atoms with van der Waals surface area (Å²) in [4.78, 5) is 17.0. The van der Waals surface area contributed by atoms with Crippen LogP contribution in [0.15, 0.2) is 0 Å². The van der Waals surface area contributed by atoms with Crippen molar-refractivity contribution in [2.45, 2.75) is 69.9 Å². The number of aliphatic carboxylic acids is 1. The lowest BCUT2D eigenvalue weighted by Crippen LogP contribution is -2.45. The van der Waals surface area contributed by atoms with Gasteiger partial charge >= 0.3 is 5.97 Å². The van der Waals surface area contributed by atoms with Gasteiger partial charge in [0.2, 0.25) is 0 Å². The molecule has 3 fully saturated rings. The second-order valence-electron chi connectivity index (χ2n) is 7.03. The maximum Gasteiger partial charge on any atom is 0.306 e. The highest BCUT2D eigenvalue weighted by Crippen LogP contribution is 2.34. The Bertz CT molecular complexity index is 384. The fourth-order valence-corrected chi connectivity index (χ4v) is 4.24. The van der Waals surface area contributed by atoms with Gasteiger partial charge in [0, 0.05) is 13.0 Å². The maximum absolute atomic E-state index is 11.2. The highest BCUT2D eigenvalue weighted by Gasteiger charge is 2.39. The van der Waals surface area contributed by atoms with E-state index in [4.69, 9.17) is 9.57 Å². The van der Waals surface area contributed by atoms with Crippen LogP contribution in [-0.4, -0.2) is 36.7 Å². The molecule has 0 spiro atoms. The lowest BCUT2D eigenvalue weighted by atomic mass is 9.79. The number of methoxy groups -OCH3 is 1. The Labute approximate surface area is 131 Å². The van der Waals surface area contributed by atoms with E-state index in [1.54, 1.807) is 7.11 Å². The molecule has 1 heterocycles. The van der Waals surface area contributed by atoms with Crippen molar-refractivity contribution in [1.82, 2.24) is 10.8 Å². The predicted octanol–water partition coefficient (Wildman–Crippen LogP) is 1.86. The molecule has 6 nitrogen and oxygen atoms in total. The third kappa shape index (κ3) is 3.62. The summed E-state index contributed by atoms with van der Waals surface area (Å²) in [5.74, 6) is 0.00882. The molecule has 6 heteroatoms. The fourth-order valence-electron chi connectivity index (χ4n) is 4.24. The number of carbonyl (C=O) groups is 1. The molecule has 0 aromatic heterocycles. The van der Waals surface area contributed by atoms with E-state index in [2.05, 4.69) is 10.8 Å². The largest absolute Gasteiger partial charge is 0.481 e. The van der Waals surface area contributed by atoms with Gasteiger partial charge < -0.3 is 9.84 Å². The number of ether oxygens (including phenoxy) is 1. The normalized spacial score (nSPS) is 43.1. The van der Waals surface area contributed by atoms with Crippen LogP contribution in [0, 0.1) is 17.8 Å². The van der Waals surface area contributed by atoms with Crippen molar-refractivity contribution in [3.8, 4) is 0 Å². The van der Waals surface area contributed by atoms with Crippen LogP contribution in [0.5, 0.6) is 0 Å². The van der Waals surface area contributed by atoms with Crippen LogP contribution in [0.2, 0.25) is 0 Å². The van der Waals surface area contributed by atoms with Crippen molar-refractivity contribution in [3.05, 3.63) is 0 Å². The molecule has 3 aliphatic rings. The van der Waals surface area contributed by atoms with E-state index < -0.39 is 5.97 Å². The summed E-state index contributed by atoms with van der Waals surface area (Å²) in [6.45, 7) is 0. The summed E-state index contributed by atoms with van der Waals surface area (Å²) in [5.41, 5.74) is 3.12. The van der Waals surface area contributed by atoms with Crippen LogP contribution < -0.4 is 10.8 Å². The first-order valence-corrected chi connectivity index (χ1v) is 8.60. The molecule has 1 aliphatic heterocycles. The molecule has 4 atom stereocenters. The molecule has 2 saturated carbocycles. The van der Waals surface area contributed by atoms with Crippen molar-refractivity contribution in [1.29, 1.82) is 0 Å². The van der Waals surface area contributed by atoms with Crippen LogP contribution in [0.4, 0.5) is 0 Å². The fraction of sp³-hybridized carbons (Fsp3) is 0.938. The molecule has 3 N–H and O–H groups in total. The average Bonchev–Trinajstić information content (AvgIpc) is 3.05. The van der Waals surface area contributed by atoms with E-state index >= 15 is 0 Å². The second kappa shape index (κ2) is 7.25. The molecular formula is C16H28N2O4. The van der Waals surface area contributed by atoms with Gasteiger partial charge in [-0.3, -0.25) is 14.9 Å². The summed E-state index contributed by atoms with van der Waals surface area (Å²) in [7, 11) is 1.79. The third-order valence-electron chi connectivity index (χ3n) is 5.68. The lowest BCUT2D eigenvalue weighted by Gasteiger charge is -2.32. The van der Waals surface area contributed by atoms with Gasteiger partial charge in [-0.25, -0.2) is 0 Å². The van der Waals surface area contributed by atoms with Crippen molar-refractivity contribution in [2.24, 2.45) is 17.8 Å². The quantitative estimate of drug-likeness (QED) is 0.735. The standard InChI is InChI=1S/C16H28N2O4/c1-21-13-7-5-10(6-8-13)15-17-14(18-22-15)11-3-2-4-12(9-11)16(19)20/h10-15,17-18H,2-9H2,1H3,(H,19,20). The lowest BCUT2D eigenvalue weighted by molar-refractivity contribution is -0.143. The molecule has 0 aromatic carbocycles. The number of hydroxylamine groups is 1. The van der Waals surface area contributed by atoms with Gasteiger partial charge in [-0.2, -0.15) is 5.48 Å². The van der Waals surface area contributed by atoms with Gasteiger partial charge in [0.15, 0.2) is 0 Å². The summed E-state index contributed by atoms with van der Waals surface area (Å²) in [6.07, 6.45) is 8.58. The summed E-state index contributed by atoms with van der Waals surface area (Å²) < 4.78 is 5.42. The zero-order valence-electron chi connectivity index (χ0n) is 13.3. The molecular weight excluding hydrogens is 284 g/mol. The molecule has 0 aromatic rings. The second-order valence-corrected chi connectivity index (χ2v) is 7.03. The van der Waals surface area contributed by atoms with E-state index in [1.165, 1.54) is 0 Å². The van der Waals surface area contributed by atoms with Crippen LogP contribution in [0.1, 0.15) is 51.4 Å². The molecule has 3 rings (SSSR count). The van der Waals surface area contributed by atoms with Crippen molar-refractivity contribution in [2.75, 3.05) is 7.11 Å². The van der Waals surface area contributed by atoms with Gasteiger partial charge in [-0.1, -0.05) is 6.42 Å². The Morgan fingerprint density at radius 2 is 1.91 bits per heavy atom. The van der Waals surface area contributed by atoms with Gasteiger partial charge in [0.25, 0.3) is 0 Å². The zero-order chi connectivity index (χ0) is 15.5. The summed E-state index contributed by atoms with van der Waals surface area (Å²) in [6, 6.07) is 0. The first-order chi connectivity index (χ1) is 10.7. The monoisotopic (exact) mass is 312 g/mol. The van der Waals surface area contributed by atoms with E-state index in [9.17, 15) is 9.90 Å². The Morgan fingerprint density at radius 3 is 2.59 bits per heavy atom. The molecule has 0 radical (unpaired) electrons. The van der Waals surface area contributed by atoms with Crippen molar-refractivity contribution >= 4 is 5.97 Å². The molecule has 1 saturated heterocycles. The molecule has 22 heavy (non-hydrogen) atoms. The number of hydrogen-bond donors (Lipinski definition) is 3. The molecule has 2 aliphatic carbocycles. The Balaban J connectivity index is 1.49. The Hall–Kier alpha value is -0.690. The maximum atomic E-state index is 11.2. The SMILES string of the molecule is COC1CCC(C2NC(C3CCCC(C(=O)O)C3)NO2)CC1. The molecule has 0 bridgehead atoms. The van der Waals surface area contributed by atoms with Crippen LogP contribution in [0.25, 0.3) is 0 Å². The van der Waals surface area contributed by atoms with E-state index in [1.807, 2.05) is 0 Å². The Morgan fingerprint density at radius 1 is 1.14 bits per heavy atom. The Kier molecular flexibility index (Phi) is 5.33. The molecule has 126 valence electrons. The van der Waals surface area contributed by atoms with Gasteiger partial charge in [-0.05, 0) is 50.9 Å². The van der Waals surface area contributed by atoms with Gasteiger partial charge in [0.05, 0.1) is 18.2 Å². The number of rotatable bonds is 4. The predicted molar refractivity (Wildman–Crippen MR) is 80.8 cm³/mol. The number of carboxylic acid groups (broad SMARTS) is 1. The number of hydrogen-bond acceptors (Lipinski definition) is 5. The average molecular weight is 312 g/mol. The van der Waals surface area contributed by atoms with Crippen LogP contribution >= 0.6 is 0 Å². The molecule has 0 amide bonds. The topological polar surface area (TPSA) is 79.8 Å². The van der Waals surface area contributed by atoms with Gasteiger partial charge in [0.1, 0.15) is 6.23 Å². The minimum Gasteiger partial charge on any atom is -0.481 e. The summed E-state index contributed by atoms with van der Waals surface area (Å²) in [5, 5.41) is 12.8. The molecule has 4 unspecified atom stereocenters. The first-order valence-electron chi connectivity index (χ1n) is 8.60. The van der Waals surface area contributed by atoms with Gasteiger partial charge in [-0.15, -0.1) is 0 Å².